The first kappa shape index (κ1) is 24.4. The van der Waals surface area contributed by atoms with Crippen molar-refractivity contribution in [2.45, 2.75) is 26.5 Å². The molecule has 0 aliphatic heterocycles. The van der Waals surface area contributed by atoms with E-state index in [9.17, 15) is 17.6 Å². The lowest BCUT2D eigenvalue weighted by Gasteiger charge is -2.30. The molecule has 0 amide bonds. The molecule has 11 heteroatoms. The van der Waals surface area contributed by atoms with Gasteiger partial charge in [-0.2, -0.15) is 8.78 Å². The summed E-state index contributed by atoms with van der Waals surface area (Å²) in [6.45, 7) is 2.46. The zero-order chi connectivity index (χ0) is 24.9. The van der Waals surface area contributed by atoms with E-state index in [1.54, 1.807) is 16.5 Å². The summed E-state index contributed by atoms with van der Waals surface area (Å²) in [5.41, 5.74) is 1.58. The molecule has 2 aromatic carbocycles. The number of nitrogens with zero attached hydrogens (tertiary/aromatic N) is 5. The molecule has 1 atom stereocenters. The van der Waals surface area contributed by atoms with Gasteiger partial charge in [0.1, 0.15) is 12.4 Å². The lowest BCUT2D eigenvalue weighted by Crippen LogP contribution is -2.32. The highest BCUT2D eigenvalue weighted by Crippen LogP contribution is 2.28. The Bertz CT molecular complexity index is 1280. The summed E-state index contributed by atoms with van der Waals surface area (Å²) >= 11 is 0. The maximum atomic E-state index is 14.0. The summed E-state index contributed by atoms with van der Waals surface area (Å²) in [7, 11) is 0. The van der Waals surface area contributed by atoms with E-state index < -0.39 is 18.2 Å². The van der Waals surface area contributed by atoms with E-state index >= 15 is 0 Å². The van der Waals surface area contributed by atoms with Gasteiger partial charge in [0.15, 0.2) is 23.1 Å². The summed E-state index contributed by atoms with van der Waals surface area (Å²) in [5, 5.41) is 8.31. The second kappa shape index (κ2) is 10.7. The maximum absolute atomic E-state index is 14.0. The van der Waals surface area contributed by atoms with Crippen molar-refractivity contribution < 1.29 is 27.0 Å². The molecule has 2 heterocycles. The van der Waals surface area contributed by atoms with E-state index in [0.29, 0.717) is 41.6 Å². The first-order valence-electron chi connectivity index (χ1n) is 11.0. The maximum Gasteiger partial charge on any atom is 0.387 e. The Morgan fingerprint density at radius 3 is 2.34 bits per heavy atom. The Kier molecular flexibility index (Phi) is 7.45. The first-order valence-corrected chi connectivity index (χ1v) is 11.0. The van der Waals surface area contributed by atoms with Gasteiger partial charge in [-0.15, -0.1) is 10.2 Å². The van der Waals surface area contributed by atoms with Crippen LogP contribution in [-0.2, 0) is 0 Å². The van der Waals surface area contributed by atoms with Crippen molar-refractivity contribution in [1.82, 2.24) is 24.5 Å². The predicted molar refractivity (Wildman–Crippen MR) is 120 cm³/mol. The highest BCUT2D eigenvalue weighted by Gasteiger charge is 2.22. The molecule has 35 heavy (non-hydrogen) atoms. The van der Waals surface area contributed by atoms with E-state index in [4.69, 9.17) is 4.74 Å². The van der Waals surface area contributed by atoms with Crippen LogP contribution in [0.25, 0.3) is 17.0 Å². The summed E-state index contributed by atoms with van der Waals surface area (Å²) in [5.74, 6) is -1.09. The van der Waals surface area contributed by atoms with E-state index in [2.05, 4.69) is 24.8 Å². The Hall–Kier alpha value is -3.73. The Morgan fingerprint density at radius 2 is 1.69 bits per heavy atom. The molecule has 0 aliphatic carbocycles. The topological polar surface area (TPSA) is 64.8 Å². The number of ether oxygens (including phenoxy) is 2. The van der Waals surface area contributed by atoms with Crippen LogP contribution in [0.5, 0.6) is 11.6 Å². The third kappa shape index (κ3) is 5.35. The van der Waals surface area contributed by atoms with Gasteiger partial charge in [-0.3, -0.25) is 9.88 Å². The van der Waals surface area contributed by atoms with Crippen LogP contribution in [0.2, 0.25) is 0 Å². The van der Waals surface area contributed by atoms with Crippen LogP contribution in [0.15, 0.2) is 54.9 Å². The number of halogens is 4. The van der Waals surface area contributed by atoms with Crippen LogP contribution < -0.4 is 9.47 Å². The molecule has 0 fully saturated rings. The molecule has 0 aliphatic rings. The van der Waals surface area contributed by atoms with Crippen LogP contribution in [0, 0.1) is 11.6 Å². The van der Waals surface area contributed by atoms with Gasteiger partial charge in [0, 0.05) is 5.56 Å². The van der Waals surface area contributed by atoms with E-state index in [1.165, 1.54) is 36.7 Å². The standard InChI is InChI=1S/C24H23F4N5O2/c1-3-32(4-2)20(16-7-10-18(25)19(26)11-16)14-34-22-13-29-12-21-30-31-23(33(21)22)15-5-8-17(9-6-15)35-24(27)28/h5-13,20,24H,3-4,14H2,1-2H3. The normalized spacial score (nSPS) is 12.5. The molecule has 0 radical (unpaired) electrons. The zero-order valence-electron chi connectivity index (χ0n) is 19.0. The van der Waals surface area contributed by atoms with Gasteiger partial charge in [-0.25, -0.2) is 13.2 Å². The number of likely N-dealkylation sites (N-methyl/N-ethyl adjacent to an activating group) is 1. The van der Waals surface area contributed by atoms with Crippen molar-refractivity contribution in [2.24, 2.45) is 0 Å². The van der Waals surface area contributed by atoms with Gasteiger partial charge in [-0.1, -0.05) is 19.9 Å². The third-order valence-corrected chi connectivity index (χ3v) is 5.59. The molecule has 0 N–H and O–H groups in total. The average Bonchev–Trinajstić information content (AvgIpc) is 3.29. The van der Waals surface area contributed by atoms with Crippen molar-refractivity contribution in [1.29, 1.82) is 0 Å². The highest BCUT2D eigenvalue weighted by molar-refractivity contribution is 5.61. The van der Waals surface area contributed by atoms with Crippen LogP contribution in [0.3, 0.4) is 0 Å². The molecule has 4 rings (SSSR count). The van der Waals surface area contributed by atoms with Crippen molar-refractivity contribution in [3.8, 4) is 23.0 Å². The Morgan fingerprint density at radius 1 is 0.943 bits per heavy atom. The minimum atomic E-state index is -2.92. The molecular formula is C24H23F4N5O2. The Balaban J connectivity index is 1.65. The minimum absolute atomic E-state index is 0.0179. The average molecular weight is 489 g/mol. The molecule has 0 spiro atoms. The smallest absolute Gasteiger partial charge is 0.387 e. The third-order valence-electron chi connectivity index (χ3n) is 5.59. The number of alkyl halides is 2. The fraction of sp³-hybridized carbons (Fsp3) is 0.292. The van der Waals surface area contributed by atoms with Crippen LogP contribution in [0.4, 0.5) is 17.6 Å². The van der Waals surface area contributed by atoms with Crippen molar-refractivity contribution >= 4 is 5.65 Å². The quantitative estimate of drug-likeness (QED) is 0.288. The second-order valence-electron chi connectivity index (χ2n) is 7.59. The van der Waals surface area contributed by atoms with Gasteiger partial charge in [-0.05, 0) is 55.1 Å². The largest absolute Gasteiger partial charge is 0.475 e. The lowest BCUT2D eigenvalue weighted by atomic mass is 10.1. The van der Waals surface area contributed by atoms with Gasteiger partial charge >= 0.3 is 6.61 Å². The van der Waals surface area contributed by atoms with E-state index in [-0.39, 0.29) is 18.4 Å². The number of rotatable bonds is 10. The molecular weight excluding hydrogens is 466 g/mol. The number of aromatic nitrogens is 4. The molecule has 1 unspecified atom stereocenters. The summed E-state index contributed by atoms with van der Waals surface area (Å²) in [6, 6.07) is 9.43. The molecule has 7 nitrogen and oxygen atoms in total. The minimum Gasteiger partial charge on any atom is -0.475 e. The van der Waals surface area contributed by atoms with Crippen molar-refractivity contribution in [2.75, 3.05) is 19.7 Å². The molecule has 2 aromatic heterocycles. The molecule has 184 valence electrons. The van der Waals surface area contributed by atoms with Crippen molar-refractivity contribution in [3.05, 3.63) is 72.1 Å². The summed E-state index contributed by atoms with van der Waals surface area (Å²) in [4.78, 5) is 6.22. The van der Waals surface area contributed by atoms with Gasteiger partial charge in [0.05, 0.1) is 18.4 Å². The molecule has 0 bridgehead atoms. The monoisotopic (exact) mass is 489 g/mol. The van der Waals surface area contributed by atoms with E-state index in [0.717, 1.165) is 6.07 Å². The van der Waals surface area contributed by atoms with Gasteiger partial charge in [0.25, 0.3) is 0 Å². The second-order valence-corrected chi connectivity index (χ2v) is 7.59. The first-order chi connectivity index (χ1) is 16.9. The number of hydrogen-bond acceptors (Lipinski definition) is 6. The fourth-order valence-corrected chi connectivity index (χ4v) is 3.86. The van der Waals surface area contributed by atoms with Crippen molar-refractivity contribution in [3.63, 3.8) is 0 Å². The van der Waals surface area contributed by atoms with Crippen LogP contribution >= 0.6 is 0 Å². The predicted octanol–water partition coefficient (Wildman–Crippen LogP) is 5.13. The molecule has 0 saturated heterocycles. The fourth-order valence-electron chi connectivity index (χ4n) is 3.86. The molecule has 4 aromatic rings. The van der Waals surface area contributed by atoms with Crippen LogP contribution in [-0.4, -0.2) is 50.8 Å². The number of fused-ring (bicyclic) bond motifs is 1. The number of hydrogen-bond donors (Lipinski definition) is 0. The summed E-state index contributed by atoms with van der Waals surface area (Å²) in [6.07, 6.45) is 3.01. The van der Waals surface area contributed by atoms with E-state index in [1.807, 2.05) is 13.8 Å². The SMILES string of the molecule is CCN(CC)C(COc1cncc2nnc(-c3ccc(OC(F)F)cc3)n12)c1ccc(F)c(F)c1. The lowest BCUT2D eigenvalue weighted by molar-refractivity contribution is -0.0498. The highest BCUT2D eigenvalue weighted by atomic mass is 19.3. The van der Waals surface area contributed by atoms with Crippen LogP contribution in [0.1, 0.15) is 25.5 Å². The Labute approximate surface area is 198 Å². The van der Waals surface area contributed by atoms with Gasteiger partial charge in [0.2, 0.25) is 5.88 Å². The number of benzene rings is 2. The zero-order valence-corrected chi connectivity index (χ0v) is 19.0. The summed E-state index contributed by atoms with van der Waals surface area (Å²) < 4.78 is 64.6. The molecule has 0 saturated carbocycles. The van der Waals surface area contributed by atoms with Gasteiger partial charge < -0.3 is 9.47 Å².